The van der Waals surface area contributed by atoms with E-state index < -0.39 is 0 Å². The zero-order valence-corrected chi connectivity index (χ0v) is 16.6. The number of nitrogens with zero attached hydrogens (tertiary/aromatic N) is 2. The molecule has 1 aliphatic rings. The fraction of sp³-hybridized carbons (Fsp3) is 0.304. The first-order chi connectivity index (χ1) is 14.1. The van der Waals surface area contributed by atoms with Crippen molar-refractivity contribution >= 4 is 5.91 Å². The molecule has 29 heavy (non-hydrogen) atoms. The van der Waals surface area contributed by atoms with Gasteiger partial charge in [0, 0.05) is 24.3 Å². The number of carbonyl (C=O) groups is 1. The smallest absolute Gasteiger partial charge is 0.273 e. The van der Waals surface area contributed by atoms with Gasteiger partial charge in [-0.3, -0.25) is 9.89 Å². The molecule has 1 amide bonds. The minimum absolute atomic E-state index is 0.0763. The van der Waals surface area contributed by atoms with Gasteiger partial charge in [0.1, 0.15) is 17.1 Å². The summed E-state index contributed by atoms with van der Waals surface area (Å²) in [6.07, 6.45) is 0.912. The van der Waals surface area contributed by atoms with E-state index in [0.717, 1.165) is 17.5 Å². The van der Waals surface area contributed by atoms with Crippen LogP contribution in [0.15, 0.2) is 54.6 Å². The molecular weight excluding hydrogens is 366 g/mol. The van der Waals surface area contributed by atoms with E-state index in [-0.39, 0.29) is 23.8 Å². The molecule has 0 bridgehead atoms. The summed E-state index contributed by atoms with van der Waals surface area (Å²) >= 11 is 0. The van der Waals surface area contributed by atoms with Crippen molar-refractivity contribution in [3.8, 4) is 17.0 Å². The van der Waals surface area contributed by atoms with E-state index in [4.69, 9.17) is 4.74 Å². The Labute approximate surface area is 170 Å². The van der Waals surface area contributed by atoms with Gasteiger partial charge in [0.15, 0.2) is 0 Å². The molecule has 0 aliphatic carbocycles. The Morgan fingerprint density at radius 3 is 2.59 bits per heavy atom. The number of phenols is 1. The van der Waals surface area contributed by atoms with E-state index in [0.29, 0.717) is 30.1 Å². The maximum absolute atomic E-state index is 13.2. The van der Waals surface area contributed by atoms with Crippen LogP contribution in [0.5, 0.6) is 5.75 Å². The van der Waals surface area contributed by atoms with Crippen LogP contribution in [0.25, 0.3) is 11.3 Å². The maximum atomic E-state index is 13.2. The van der Waals surface area contributed by atoms with Crippen LogP contribution in [0.2, 0.25) is 0 Å². The minimum Gasteiger partial charge on any atom is -0.507 e. The van der Waals surface area contributed by atoms with Crippen molar-refractivity contribution in [1.29, 1.82) is 0 Å². The molecule has 2 N–H and O–H groups in total. The largest absolute Gasteiger partial charge is 0.507 e. The number of benzene rings is 2. The van der Waals surface area contributed by atoms with Crippen LogP contribution < -0.4 is 0 Å². The topological polar surface area (TPSA) is 78.5 Å². The Kier molecular flexibility index (Phi) is 5.36. The molecule has 0 saturated carbocycles. The van der Waals surface area contributed by atoms with Gasteiger partial charge in [-0.2, -0.15) is 5.10 Å². The summed E-state index contributed by atoms with van der Waals surface area (Å²) in [6.45, 7) is 5.18. The summed E-state index contributed by atoms with van der Waals surface area (Å²) in [7, 11) is 0. The number of aromatic hydroxyl groups is 1. The molecule has 2 aromatic carbocycles. The van der Waals surface area contributed by atoms with Gasteiger partial charge >= 0.3 is 0 Å². The number of phenolic OH excluding ortho intramolecular Hbond substituents is 1. The molecule has 1 unspecified atom stereocenters. The Morgan fingerprint density at radius 2 is 1.86 bits per heavy atom. The zero-order chi connectivity index (χ0) is 20.4. The van der Waals surface area contributed by atoms with Crippen molar-refractivity contribution in [1.82, 2.24) is 15.1 Å². The highest BCUT2D eigenvalue weighted by molar-refractivity contribution is 6.00. The first-order valence-corrected chi connectivity index (χ1v) is 9.92. The number of nitrogens with one attached hydrogen (secondary N) is 1. The number of H-pyrrole nitrogens is 1. The number of aromatic nitrogens is 2. The van der Waals surface area contributed by atoms with Crippen molar-refractivity contribution in [2.24, 2.45) is 0 Å². The molecule has 1 aromatic heterocycles. The number of carbonyl (C=O) groups excluding carboxylic acids is 1. The van der Waals surface area contributed by atoms with E-state index in [2.05, 4.69) is 10.2 Å². The molecule has 2 heterocycles. The van der Waals surface area contributed by atoms with Crippen LogP contribution in [-0.4, -0.2) is 45.4 Å². The summed E-state index contributed by atoms with van der Waals surface area (Å²) < 4.78 is 5.65. The second-order valence-electron chi connectivity index (χ2n) is 7.46. The van der Waals surface area contributed by atoms with Gasteiger partial charge in [-0.25, -0.2) is 0 Å². The number of hydrogen-bond donors (Lipinski definition) is 2. The summed E-state index contributed by atoms with van der Waals surface area (Å²) in [5, 5.41) is 17.7. The first-order valence-electron chi connectivity index (χ1n) is 9.92. The molecule has 6 nitrogen and oxygen atoms in total. The molecule has 3 aromatic rings. The summed E-state index contributed by atoms with van der Waals surface area (Å²) in [4.78, 5) is 15.1. The highest BCUT2D eigenvalue weighted by Gasteiger charge is 2.42. The maximum Gasteiger partial charge on any atom is 0.273 e. The molecule has 150 valence electrons. The summed E-state index contributed by atoms with van der Waals surface area (Å²) in [5.41, 5.74) is 3.54. The normalized spacial score (nSPS) is 15.9. The highest BCUT2D eigenvalue weighted by Crippen LogP contribution is 2.44. The fourth-order valence-corrected chi connectivity index (χ4v) is 3.84. The van der Waals surface area contributed by atoms with Crippen molar-refractivity contribution in [3.05, 3.63) is 71.4 Å². The van der Waals surface area contributed by atoms with Gasteiger partial charge in [-0.05, 0) is 38.0 Å². The lowest BCUT2D eigenvalue weighted by atomic mass is 9.96. The fourth-order valence-electron chi connectivity index (χ4n) is 3.84. The molecule has 1 atom stereocenters. The quantitative estimate of drug-likeness (QED) is 0.593. The van der Waals surface area contributed by atoms with E-state index in [1.807, 2.05) is 61.2 Å². The molecule has 0 spiro atoms. The molecule has 4 rings (SSSR count). The third-order valence-corrected chi connectivity index (χ3v) is 5.13. The predicted molar refractivity (Wildman–Crippen MR) is 111 cm³/mol. The highest BCUT2D eigenvalue weighted by atomic mass is 16.5. The van der Waals surface area contributed by atoms with Crippen LogP contribution >= 0.6 is 0 Å². The molecule has 0 saturated heterocycles. The van der Waals surface area contributed by atoms with E-state index >= 15 is 0 Å². The second-order valence-corrected chi connectivity index (χ2v) is 7.46. The van der Waals surface area contributed by atoms with Crippen molar-refractivity contribution in [3.63, 3.8) is 0 Å². The third kappa shape index (κ3) is 3.63. The van der Waals surface area contributed by atoms with Crippen molar-refractivity contribution < 1.29 is 14.6 Å². The summed E-state index contributed by atoms with van der Waals surface area (Å²) in [6, 6.07) is 16.8. The van der Waals surface area contributed by atoms with Gasteiger partial charge in [0.05, 0.1) is 12.1 Å². The monoisotopic (exact) mass is 391 g/mol. The Morgan fingerprint density at radius 1 is 1.14 bits per heavy atom. The molecule has 0 fully saturated rings. The van der Waals surface area contributed by atoms with Crippen LogP contribution in [0.1, 0.15) is 47.9 Å². The van der Waals surface area contributed by atoms with Crippen LogP contribution in [0, 0.1) is 0 Å². The lowest BCUT2D eigenvalue weighted by Crippen LogP contribution is -2.31. The van der Waals surface area contributed by atoms with Gasteiger partial charge in [-0.15, -0.1) is 0 Å². The van der Waals surface area contributed by atoms with E-state index in [9.17, 15) is 9.90 Å². The van der Waals surface area contributed by atoms with Crippen molar-refractivity contribution in [2.45, 2.75) is 32.4 Å². The molecule has 1 aliphatic heterocycles. The lowest BCUT2D eigenvalue weighted by molar-refractivity contribution is 0.0601. The summed E-state index contributed by atoms with van der Waals surface area (Å²) in [5.74, 6) is 0.0671. The number of aromatic amines is 1. The first kappa shape index (κ1) is 19.2. The molecule has 6 heteroatoms. The van der Waals surface area contributed by atoms with E-state index in [1.54, 1.807) is 12.1 Å². The second kappa shape index (κ2) is 8.09. The average Bonchev–Trinajstić information content (AvgIpc) is 3.25. The van der Waals surface area contributed by atoms with Crippen LogP contribution in [0.4, 0.5) is 0 Å². The van der Waals surface area contributed by atoms with Gasteiger partial charge in [-0.1, -0.05) is 42.5 Å². The van der Waals surface area contributed by atoms with Crippen LogP contribution in [-0.2, 0) is 4.74 Å². The standard InChI is InChI=1S/C23H25N3O3/c1-15(2)29-14-8-13-26-22(16-9-4-3-5-10-16)19-20(24-25-21(19)23(26)28)17-11-6-7-12-18(17)27/h3-7,9-12,15,22,27H,8,13-14H2,1-2H3,(H,24,25). The van der Waals surface area contributed by atoms with E-state index in [1.165, 1.54) is 0 Å². The Hall–Kier alpha value is -3.12. The van der Waals surface area contributed by atoms with Crippen molar-refractivity contribution in [2.75, 3.05) is 13.2 Å². The number of amides is 1. The Balaban J connectivity index is 1.73. The number of hydrogen-bond acceptors (Lipinski definition) is 4. The lowest BCUT2D eigenvalue weighted by Gasteiger charge is -2.26. The number of rotatable bonds is 7. The number of ether oxygens (including phenoxy) is 1. The molecule has 0 radical (unpaired) electrons. The number of para-hydroxylation sites is 1. The average molecular weight is 391 g/mol. The SMILES string of the molecule is CC(C)OCCCN1C(=O)c2[nH]nc(-c3ccccc3O)c2C1c1ccccc1. The Bertz CT molecular complexity index is 998. The van der Waals surface area contributed by atoms with Gasteiger partial charge in [0.2, 0.25) is 0 Å². The zero-order valence-electron chi connectivity index (χ0n) is 16.6. The predicted octanol–water partition coefficient (Wildman–Crippen LogP) is 4.14. The number of fused-ring (bicyclic) bond motifs is 1. The molecular formula is C23H25N3O3. The minimum atomic E-state index is -0.258. The van der Waals surface area contributed by atoms with Crippen LogP contribution in [0.3, 0.4) is 0 Å². The van der Waals surface area contributed by atoms with Gasteiger partial charge in [0.25, 0.3) is 5.91 Å². The third-order valence-electron chi connectivity index (χ3n) is 5.13. The van der Waals surface area contributed by atoms with Gasteiger partial charge < -0.3 is 14.7 Å².